The topological polar surface area (TPSA) is 86.9 Å². The van der Waals surface area contributed by atoms with Crippen LogP contribution in [-0.4, -0.2) is 48.3 Å². The Balaban J connectivity index is 1.80. The van der Waals surface area contributed by atoms with E-state index < -0.39 is 23.7 Å². The maximum atomic E-state index is 14.5. The van der Waals surface area contributed by atoms with E-state index in [1.165, 1.54) is 23.1 Å². The van der Waals surface area contributed by atoms with Crippen LogP contribution >= 0.6 is 0 Å². The summed E-state index contributed by atoms with van der Waals surface area (Å²) in [6.45, 7) is 1.08. The number of hydrogen-bond donors (Lipinski definition) is 1. The Labute approximate surface area is 167 Å². The summed E-state index contributed by atoms with van der Waals surface area (Å²) < 4.78 is 14.5. The molecule has 2 aliphatic rings. The van der Waals surface area contributed by atoms with Gasteiger partial charge in [0.2, 0.25) is 5.91 Å². The summed E-state index contributed by atoms with van der Waals surface area (Å²) in [5, 5.41) is 0. The number of para-hydroxylation sites is 3. The molecule has 7 nitrogen and oxygen atoms in total. The minimum Gasteiger partial charge on any atom is -0.341 e. The molecule has 0 radical (unpaired) electrons. The highest BCUT2D eigenvalue weighted by atomic mass is 19.1. The third-order valence-electron chi connectivity index (χ3n) is 5.28. The lowest BCUT2D eigenvalue weighted by Gasteiger charge is -2.26. The Morgan fingerprint density at radius 3 is 2.17 bits per heavy atom. The number of nitrogens with zero attached hydrogens (tertiary/aromatic N) is 3. The third kappa shape index (κ3) is 3.36. The molecule has 0 aromatic heterocycles. The third-order valence-corrected chi connectivity index (χ3v) is 5.28. The number of carbonyl (C=O) groups excluding carboxylic acids is 3. The largest absolute Gasteiger partial charge is 0.341 e. The number of amides is 3. The Hall–Kier alpha value is -3.26. The average molecular weight is 396 g/mol. The van der Waals surface area contributed by atoms with Crippen LogP contribution < -0.4 is 15.5 Å². The predicted molar refractivity (Wildman–Crippen MR) is 106 cm³/mol. The average Bonchev–Trinajstić information content (AvgIpc) is 3.26. The van der Waals surface area contributed by atoms with E-state index in [2.05, 4.69) is 0 Å². The van der Waals surface area contributed by atoms with Gasteiger partial charge in [0, 0.05) is 13.1 Å². The molecule has 0 bridgehead atoms. The highest BCUT2D eigenvalue weighted by molar-refractivity contribution is 6.23. The fourth-order valence-corrected chi connectivity index (χ4v) is 3.78. The molecule has 1 unspecified atom stereocenters. The smallest absolute Gasteiger partial charge is 0.258 e. The minimum atomic E-state index is -1.55. The van der Waals surface area contributed by atoms with E-state index in [1.54, 1.807) is 35.2 Å². The lowest BCUT2D eigenvalue weighted by Crippen LogP contribution is -2.52. The number of carbonyl (C=O) groups is 3. The molecule has 29 heavy (non-hydrogen) atoms. The van der Waals surface area contributed by atoms with Crippen molar-refractivity contribution in [2.24, 2.45) is 5.73 Å². The van der Waals surface area contributed by atoms with Crippen molar-refractivity contribution in [2.45, 2.75) is 18.9 Å². The summed E-state index contributed by atoms with van der Waals surface area (Å²) >= 11 is 0. The predicted octanol–water partition coefficient (Wildman–Crippen LogP) is 1.79. The zero-order valence-electron chi connectivity index (χ0n) is 15.8. The monoisotopic (exact) mass is 396 g/mol. The van der Waals surface area contributed by atoms with Crippen LogP contribution in [0.3, 0.4) is 0 Å². The van der Waals surface area contributed by atoms with Crippen LogP contribution in [0.25, 0.3) is 0 Å². The van der Waals surface area contributed by atoms with Crippen LogP contribution in [-0.2, 0) is 14.4 Å². The molecule has 2 heterocycles. The first-order valence-corrected chi connectivity index (χ1v) is 9.51. The van der Waals surface area contributed by atoms with Gasteiger partial charge in [-0.15, -0.1) is 0 Å². The number of hydrogen-bond acceptors (Lipinski definition) is 4. The Bertz CT molecular complexity index is 974. The van der Waals surface area contributed by atoms with E-state index in [0.29, 0.717) is 24.5 Å². The fraction of sp³-hybridized carbons (Fsp3) is 0.286. The number of nitrogens with two attached hydrogens (primary N) is 1. The first-order valence-electron chi connectivity index (χ1n) is 9.51. The molecule has 0 saturated carbocycles. The van der Waals surface area contributed by atoms with E-state index in [0.717, 1.165) is 17.7 Å². The van der Waals surface area contributed by atoms with Crippen molar-refractivity contribution in [3.8, 4) is 0 Å². The fourth-order valence-electron chi connectivity index (χ4n) is 3.78. The van der Waals surface area contributed by atoms with Gasteiger partial charge in [0.1, 0.15) is 12.4 Å². The molecule has 150 valence electrons. The van der Waals surface area contributed by atoms with Gasteiger partial charge in [0.15, 0.2) is 6.04 Å². The molecular weight excluding hydrogens is 375 g/mol. The molecular formula is C21H21FN4O3. The minimum absolute atomic E-state index is 0.000851. The van der Waals surface area contributed by atoms with Crippen LogP contribution in [0.4, 0.5) is 21.5 Å². The van der Waals surface area contributed by atoms with Gasteiger partial charge in [-0.1, -0.05) is 24.3 Å². The molecule has 1 fully saturated rings. The van der Waals surface area contributed by atoms with Crippen molar-refractivity contribution in [3.63, 3.8) is 0 Å². The van der Waals surface area contributed by atoms with Crippen molar-refractivity contribution in [1.82, 2.24) is 4.90 Å². The van der Waals surface area contributed by atoms with Gasteiger partial charge in [0.05, 0.1) is 17.1 Å². The van der Waals surface area contributed by atoms with Crippen LogP contribution in [0.2, 0.25) is 0 Å². The van der Waals surface area contributed by atoms with Crippen LogP contribution in [0.5, 0.6) is 0 Å². The van der Waals surface area contributed by atoms with Gasteiger partial charge in [0.25, 0.3) is 11.8 Å². The summed E-state index contributed by atoms with van der Waals surface area (Å²) in [7, 11) is 0. The molecule has 2 N–H and O–H groups in total. The molecule has 0 aliphatic carbocycles. The lowest BCUT2D eigenvalue weighted by molar-refractivity contribution is -0.132. The normalized spacial score (nSPS) is 19.4. The van der Waals surface area contributed by atoms with Gasteiger partial charge in [-0.25, -0.2) is 4.39 Å². The number of likely N-dealkylation sites (tertiary alicyclic amines) is 1. The molecule has 2 aromatic carbocycles. The summed E-state index contributed by atoms with van der Waals surface area (Å²) in [5.74, 6) is -2.25. The highest BCUT2D eigenvalue weighted by Gasteiger charge is 2.40. The maximum Gasteiger partial charge on any atom is 0.258 e. The number of anilines is 3. The zero-order valence-corrected chi connectivity index (χ0v) is 15.8. The summed E-state index contributed by atoms with van der Waals surface area (Å²) in [6, 6.07) is 10.9. The maximum absolute atomic E-state index is 14.5. The summed E-state index contributed by atoms with van der Waals surface area (Å²) in [5.41, 5.74) is 6.62. The Kier molecular flexibility index (Phi) is 5.02. The second kappa shape index (κ2) is 7.63. The molecule has 0 spiro atoms. The quantitative estimate of drug-likeness (QED) is 0.802. The SMILES string of the molecule is NC1C(=O)N(CC(=O)N2CCCC2)c2ccccc2N(c2ccccc2F)C1=O. The Morgan fingerprint density at radius 1 is 0.931 bits per heavy atom. The van der Waals surface area contributed by atoms with Crippen LogP contribution in [0, 0.1) is 5.82 Å². The van der Waals surface area contributed by atoms with Gasteiger partial charge in [-0.3, -0.25) is 24.2 Å². The van der Waals surface area contributed by atoms with Gasteiger partial charge < -0.3 is 10.6 Å². The van der Waals surface area contributed by atoms with Crippen molar-refractivity contribution < 1.29 is 18.8 Å². The molecule has 8 heteroatoms. The molecule has 3 amide bonds. The van der Waals surface area contributed by atoms with Crippen LogP contribution in [0.1, 0.15) is 12.8 Å². The second-order valence-corrected chi connectivity index (χ2v) is 7.10. The van der Waals surface area contributed by atoms with E-state index in [9.17, 15) is 18.8 Å². The number of benzene rings is 2. The lowest BCUT2D eigenvalue weighted by atomic mass is 10.2. The van der Waals surface area contributed by atoms with E-state index in [-0.39, 0.29) is 18.1 Å². The molecule has 2 aliphatic heterocycles. The number of halogens is 1. The zero-order chi connectivity index (χ0) is 20.5. The van der Waals surface area contributed by atoms with E-state index in [1.807, 2.05) is 0 Å². The summed E-state index contributed by atoms with van der Waals surface area (Å²) in [4.78, 5) is 42.8. The van der Waals surface area contributed by atoms with E-state index >= 15 is 0 Å². The van der Waals surface area contributed by atoms with Crippen molar-refractivity contribution in [1.29, 1.82) is 0 Å². The van der Waals surface area contributed by atoms with Gasteiger partial charge >= 0.3 is 0 Å². The Morgan fingerprint density at radius 2 is 1.52 bits per heavy atom. The van der Waals surface area contributed by atoms with Crippen molar-refractivity contribution >= 4 is 34.8 Å². The molecule has 4 rings (SSSR count). The molecule has 2 aromatic rings. The van der Waals surface area contributed by atoms with Crippen molar-refractivity contribution in [2.75, 3.05) is 29.4 Å². The van der Waals surface area contributed by atoms with Crippen LogP contribution in [0.15, 0.2) is 48.5 Å². The number of rotatable bonds is 3. The first-order chi connectivity index (χ1) is 14.0. The van der Waals surface area contributed by atoms with Gasteiger partial charge in [-0.2, -0.15) is 0 Å². The first kappa shape index (κ1) is 19.1. The van der Waals surface area contributed by atoms with E-state index in [4.69, 9.17) is 5.73 Å². The standard InChI is InChI=1S/C21H21FN4O3/c22-14-7-1-2-8-15(14)26-17-10-4-3-9-16(17)25(20(28)19(23)21(26)29)13-18(27)24-11-5-6-12-24/h1-4,7-10,19H,5-6,11-13,23H2. The van der Waals surface area contributed by atoms with Crippen molar-refractivity contribution in [3.05, 3.63) is 54.3 Å². The molecule has 1 saturated heterocycles. The second-order valence-electron chi connectivity index (χ2n) is 7.10. The summed E-state index contributed by atoms with van der Waals surface area (Å²) in [6.07, 6.45) is 1.85. The molecule has 1 atom stereocenters. The number of fused-ring (bicyclic) bond motifs is 1. The van der Waals surface area contributed by atoms with Gasteiger partial charge in [-0.05, 0) is 37.1 Å². The highest BCUT2D eigenvalue weighted by Crippen LogP contribution is 2.38.